The zero-order chi connectivity index (χ0) is 20.6. The number of carboxylic acid groups (broad SMARTS) is 8. The largest absolute Gasteiger partial charge is 3.00 e. The number of carbonyl (C=O) groups is 8. The van der Waals surface area contributed by atoms with E-state index in [4.69, 9.17) is 79.2 Å². The first-order chi connectivity index (χ1) is 10.6. The van der Waals surface area contributed by atoms with Crippen molar-refractivity contribution in [1.29, 1.82) is 0 Å². The van der Waals surface area contributed by atoms with E-state index in [-0.39, 0.29) is 71.2 Å². The van der Waals surface area contributed by atoms with Gasteiger partial charge in [-0.25, -0.2) is 9.59 Å². The Morgan fingerprint density at radius 2 is 0.462 bits per heavy atom. The molecule has 0 spiro atoms. The maximum absolute atomic E-state index is 9.10. The van der Waals surface area contributed by atoms with Crippen molar-refractivity contribution < 1.29 is 150 Å². The molecule has 0 rings (SSSR count). The Morgan fingerprint density at radius 1 is 0.385 bits per heavy atom. The minimum absolute atomic E-state index is 0. The van der Waals surface area contributed by atoms with Crippen molar-refractivity contribution in [1.82, 2.24) is 0 Å². The van der Waals surface area contributed by atoms with Crippen LogP contribution in [-0.4, -0.2) is 58.0 Å². The van der Waals surface area contributed by atoms with E-state index in [0.29, 0.717) is 0 Å². The Morgan fingerprint density at radius 3 is 0.462 bits per heavy atom. The number of hydrogen-bond acceptors (Lipinski definition) is 14. The minimum atomic E-state index is -2.19. The molecule has 0 saturated carbocycles. The van der Waals surface area contributed by atoms with E-state index in [0.717, 1.165) is 0 Å². The molecule has 0 aliphatic heterocycles. The molecule has 0 aliphatic carbocycles. The van der Waals surface area contributed by atoms with Crippen LogP contribution in [0.2, 0.25) is 0 Å². The van der Waals surface area contributed by atoms with Gasteiger partial charge in [-0.2, -0.15) is 0 Å². The van der Waals surface area contributed by atoms with Gasteiger partial charge in [-0.3, -0.25) is 0 Å². The van der Waals surface area contributed by atoms with Gasteiger partial charge in [0.1, 0.15) is 0 Å². The van der Waals surface area contributed by atoms with E-state index in [1.807, 2.05) is 0 Å². The fraction of sp³-hybridized carbons (Fsp3) is 0. The second-order valence-corrected chi connectivity index (χ2v) is 2.34. The standard InChI is InChI=1S/4C2H2O4.2La/c4*3-1(4)2(5)6;;/h4*(H,3,4)(H,5,6);;/q;;;;2*+3/p-6. The first-order valence-corrected chi connectivity index (χ1v) is 4.30. The summed E-state index contributed by atoms with van der Waals surface area (Å²) in [7, 11) is 0. The van der Waals surface area contributed by atoms with Crippen LogP contribution in [0, 0.1) is 71.2 Å². The molecule has 0 fully saturated rings. The van der Waals surface area contributed by atoms with Gasteiger partial charge >= 0.3 is 83.1 Å². The van der Waals surface area contributed by atoms with E-state index < -0.39 is 47.8 Å². The van der Waals surface area contributed by atoms with E-state index in [2.05, 4.69) is 0 Å². The molecule has 0 bridgehead atoms. The van der Waals surface area contributed by atoms with Crippen LogP contribution in [0.25, 0.3) is 0 Å². The van der Waals surface area contributed by atoms with Gasteiger partial charge in [-0.05, 0) is 0 Å². The summed E-state index contributed by atoms with van der Waals surface area (Å²) in [6.07, 6.45) is 0. The van der Waals surface area contributed by atoms with Gasteiger partial charge in [0.15, 0.2) is 0 Å². The van der Waals surface area contributed by atoms with Crippen molar-refractivity contribution in [3.63, 3.8) is 0 Å². The molecule has 136 valence electrons. The van der Waals surface area contributed by atoms with Crippen LogP contribution in [0.4, 0.5) is 0 Å². The van der Waals surface area contributed by atoms with Crippen molar-refractivity contribution in [2.45, 2.75) is 0 Å². The van der Waals surface area contributed by atoms with E-state index in [9.17, 15) is 0 Å². The predicted octanol–water partition coefficient (Wildman–Crippen LogP) is -11.4. The van der Waals surface area contributed by atoms with Crippen molar-refractivity contribution in [2.24, 2.45) is 0 Å². The Kier molecular flexibility index (Phi) is 35.0. The van der Waals surface area contributed by atoms with Gasteiger partial charge < -0.3 is 69.6 Å². The molecule has 0 aromatic rings. The maximum atomic E-state index is 9.10. The third kappa shape index (κ3) is 49.5. The van der Waals surface area contributed by atoms with Crippen molar-refractivity contribution in [2.75, 3.05) is 0 Å². The van der Waals surface area contributed by atoms with Crippen molar-refractivity contribution >= 4 is 47.8 Å². The Balaban J connectivity index is -0.0000000500. The Bertz CT molecular complexity index is 392. The van der Waals surface area contributed by atoms with E-state index in [1.165, 1.54) is 0 Å². The van der Waals surface area contributed by atoms with Gasteiger partial charge in [0.2, 0.25) is 0 Å². The van der Waals surface area contributed by atoms with E-state index in [1.54, 1.807) is 0 Å². The van der Waals surface area contributed by atoms with Gasteiger partial charge in [-0.15, -0.1) is 0 Å². The monoisotopic (exact) mass is 632 g/mol. The topological polar surface area (TPSA) is 315 Å². The number of carboxylic acids is 8. The fourth-order valence-electron chi connectivity index (χ4n) is 0. The van der Waals surface area contributed by atoms with Crippen LogP contribution in [0.5, 0.6) is 0 Å². The molecule has 16 nitrogen and oxygen atoms in total. The molecule has 18 heteroatoms. The molecule has 0 atom stereocenters. The normalized spacial score (nSPS) is 6.77. The molecular formula is C8H2La2O16. The van der Waals surface area contributed by atoms with Gasteiger partial charge in [-0.1, -0.05) is 0 Å². The predicted molar refractivity (Wildman–Crippen MR) is 45.3 cm³/mol. The molecular weight excluding hydrogens is 630 g/mol. The Labute approximate surface area is 196 Å². The maximum Gasteiger partial charge on any atom is 3.00 e. The second kappa shape index (κ2) is 23.1. The van der Waals surface area contributed by atoms with Crippen molar-refractivity contribution in [3.05, 3.63) is 0 Å². The number of rotatable bonds is 0. The summed E-state index contributed by atoms with van der Waals surface area (Å²) in [4.78, 5) is 71.8. The van der Waals surface area contributed by atoms with Gasteiger partial charge in [0, 0.05) is 0 Å². The third-order valence-electron chi connectivity index (χ3n) is 0.683. The fourth-order valence-corrected chi connectivity index (χ4v) is 0. The van der Waals surface area contributed by atoms with Crippen LogP contribution in [0.3, 0.4) is 0 Å². The smallest absolute Gasteiger partial charge is 0.543 e. The summed E-state index contributed by atoms with van der Waals surface area (Å²) in [6.45, 7) is 0. The molecule has 0 radical (unpaired) electrons. The van der Waals surface area contributed by atoms with Crippen LogP contribution in [-0.2, 0) is 38.4 Å². The first kappa shape index (κ1) is 39.3. The molecule has 0 amide bonds. The van der Waals surface area contributed by atoms with Crippen LogP contribution >= 0.6 is 0 Å². The summed E-state index contributed by atoms with van der Waals surface area (Å²) in [5.41, 5.74) is 0. The summed E-state index contributed by atoms with van der Waals surface area (Å²) in [5.74, 6) is -16.8. The number of hydrogen-bond donors (Lipinski definition) is 2. The van der Waals surface area contributed by atoms with Crippen molar-refractivity contribution in [3.8, 4) is 0 Å². The molecule has 2 N–H and O–H groups in total. The first-order valence-electron chi connectivity index (χ1n) is 4.30. The molecule has 0 unspecified atom stereocenters. The van der Waals surface area contributed by atoms with Gasteiger partial charge in [0.25, 0.3) is 0 Å². The van der Waals surface area contributed by atoms with Crippen LogP contribution in [0.15, 0.2) is 0 Å². The number of aliphatic carboxylic acids is 8. The Hall–Kier alpha value is -1.85. The zero-order valence-corrected chi connectivity index (χ0v) is 19.0. The summed E-state index contributed by atoms with van der Waals surface area (Å²) < 4.78 is 0. The minimum Gasteiger partial charge on any atom is -0.543 e. The van der Waals surface area contributed by atoms with Gasteiger partial charge in [0.05, 0.1) is 35.8 Å². The quantitative estimate of drug-likeness (QED) is 0.234. The summed E-state index contributed by atoms with van der Waals surface area (Å²) in [6, 6.07) is 0. The SMILES string of the molecule is O=C(O)C(=O)O.O=C([O-])C(=O)[O-].O=C([O-])C(=O)[O-].O=C([O-])C(=O)[O-].[La+3].[La+3]. The molecule has 0 aliphatic rings. The molecule has 0 saturated heterocycles. The molecule has 0 aromatic carbocycles. The zero-order valence-electron chi connectivity index (χ0n) is 11.8. The summed E-state index contributed by atoms with van der Waals surface area (Å²) >= 11 is 0. The van der Waals surface area contributed by atoms with E-state index >= 15 is 0 Å². The third-order valence-corrected chi connectivity index (χ3v) is 0.683. The average molecular weight is 632 g/mol. The number of carbonyl (C=O) groups excluding carboxylic acids is 6. The van der Waals surface area contributed by atoms with Crippen LogP contribution in [0.1, 0.15) is 0 Å². The van der Waals surface area contributed by atoms with Crippen LogP contribution < -0.4 is 30.6 Å². The molecule has 0 heterocycles. The molecule has 0 aromatic heterocycles. The summed E-state index contributed by atoms with van der Waals surface area (Å²) in [5, 5.41) is 68.3. The molecule has 26 heavy (non-hydrogen) atoms. The average Bonchev–Trinajstić information content (AvgIpc) is 2.40. The second-order valence-electron chi connectivity index (χ2n) is 2.34.